The SMILES string of the molecule is CCC(c1ccccc1)c1ccc(O)cc1O.O=C1C=CC(=O)c2ccccc21. The summed E-state index contributed by atoms with van der Waals surface area (Å²) >= 11 is 0. The van der Waals surface area contributed by atoms with Gasteiger partial charge in [-0.2, -0.15) is 0 Å². The van der Waals surface area contributed by atoms with Crippen molar-refractivity contribution in [3.05, 3.63) is 107 Å². The van der Waals surface area contributed by atoms with Gasteiger partial charge in [-0.3, -0.25) is 9.59 Å². The molecule has 0 heterocycles. The number of phenolic OH excluding ortho intramolecular Hbond substituents is 2. The average molecular weight is 386 g/mol. The van der Waals surface area contributed by atoms with Gasteiger partial charge in [-0.05, 0) is 30.2 Å². The van der Waals surface area contributed by atoms with E-state index in [1.54, 1.807) is 36.4 Å². The van der Waals surface area contributed by atoms with Crippen LogP contribution in [0.4, 0.5) is 0 Å². The number of rotatable bonds is 3. The quantitative estimate of drug-likeness (QED) is 0.644. The lowest BCUT2D eigenvalue weighted by atomic mass is 9.88. The number of hydrogen-bond donors (Lipinski definition) is 2. The van der Waals surface area contributed by atoms with Gasteiger partial charge < -0.3 is 10.2 Å². The van der Waals surface area contributed by atoms with Gasteiger partial charge in [0, 0.05) is 28.7 Å². The van der Waals surface area contributed by atoms with Crippen LogP contribution in [0.2, 0.25) is 0 Å². The molecule has 29 heavy (non-hydrogen) atoms. The van der Waals surface area contributed by atoms with Crippen molar-refractivity contribution in [2.45, 2.75) is 19.3 Å². The fourth-order valence-corrected chi connectivity index (χ4v) is 3.39. The number of fused-ring (bicyclic) bond motifs is 1. The van der Waals surface area contributed by atoms with Crippen LogP contribution in [0.1, 0.15) is 51.1 Å². The third kappa shape index (κ3) is 4.61. The molecule has 0 radical (unpaired) electrons. The molecular formula is C25H22O4. The highest BCUT2D eigenvalue weighted by Gasteiger charge is 2.17. The van der Waals surface area contributed by atoms with E-state index < -0.39 is 0 Å². The molecule has 0 aromatic heterocycles. The second kappa shape index (κ2) is 9.02. The average Bonchev–Trinajstić information content (AvgIpc) is 2.74. The molecule has 0 amide bonds. The Morgan fingerprint density at radius 3 is 1.83 bits per heavy atom. The zero-order valence-corrected chi connectivity index (χ0v) is 16.1. The lowest BCUT2D eigenvalue weighted by Gasteiger charge is -2.17. The van der Waals surface area contributed by atoms with E-state index in [1.807, 2.05) is 18.2 Å². The van der Waals surface area contributed by atoms with E-state index in [0.717, 1.165) is 12.0 Å². The molecule has 2 N–H and O–H groups in total. The Labute approximate surface area is 169 Å². The molecule has 3 aromatic carbocycles. The van der Waals surface area contributed by atoms with Crippen LogP contribution in [-0.4, -0.2) is 21.8 Å². The van der Waals surface area contributed by atoms with Gasteiger partial charge in [0.25, 0.3) is 0 Å². The number of hydrogen-bond acceptors (Lipinski definition) is 4. The third-order valence-corrected chi connectivity index (χ3v) is 4.84. The molecule has 4 nitrogen and oxygen atoms in total. The number of carbonyl (C=O) groups excluding carboxylic acids is 2. The van der Waals surface area contributed by atoms with Gasteiger partial charge in [0.05, 0.1) is 0 Å². The molecule has 0 spiro atoms. The first-order chi connectivity index (χ1) is 14.0. The highest BCUT2D eigenvalue weighted by molar-refractivity contribution is 6.21. The van der Waals surface area contributed by atoms with Gasteiger partial charge >= 0.3 is 0 Å². The van der Waals surface area contributed by atoms with Crippen LogP contribution in [0, 0.1) is 0 Å². The summed E-state index contributed by atoms with van der Waals surface area (Å²) in [4.78, 5) is 22.4. The molecule has 4 heteroatoms. The first-order valence-electron chi connectivity index (χ1n) is 9.43. The Hall–Kier alpha value is -3.66. The second-order valence-corrected chi connectivity index (χ2v) is 6.72. The fourth-order valence-electron chi connectivity index (χ4n) is 3.39. The molecule has 3 aromatic rings. The molecule has 0 saturated heterocycles. The first kappa shape index (κ1) is 20.1. The smallest absolute Gasteiger partial charge is 0.186 e. The lowest BCUT2D eigenvalue weighted by molar-refractivity contribution is 0.0994. The first-order valence-corrected chi connectivity index (χ1v) is 9.43. The minimum absolute atomic E-state index is 0.0918. The summed E-state index contributed by atoms with van der Waals surface area (Å²) in [5, 5.41) is 19.2. The minimum Gasteiger partial charge on any atom is -0.508 e. The van der Waals surface area contributed by atoms with Gasteiger partial charge in [-0.25, -0.2) is 0 Å². The van der Waals surface area contributed by atoms with Crippen LogP contribution in [0.3, 0.4) is 0 Å². The topological polar surface area (TPSA) is 74.6 Å². The summed E-state index contributed by atoms with van der Waals surface area (Å²) in [6.07, 6.45) is 3.53. The van der Waals surface area contributed by atoms with Crippen LogP contribution in [-0.2, 0) is 0 Å². The van der Waals surface area contributed by atoms with E-state index in [1.165, 1.54) is 23.8 Å². The predicted molar refractivity (Wildman–Crippen MR) is 113 cm³/mol. The van der Waals surface area contributed by atoms with Gasteiger partial charge in [0.1, 0.15) is 11.5 Å². The third-order valence-electron chi connectivity index (χ3n) is 4.84. The van der Waals surface area contributed by atoms with E-state index in [2.05, 4.69) is 19.1 Å². The van der Waals surface area contributed by atoms with E-state index in [4.69, 9.17) is 0 Å². The van der Waals surface area contributed by atoms with Crippen molar-refractivity contribution in [3.8, 4) is 11.5 Å². The van der Waals surface area contributed by atoms with E-state index in [-0.39, 0.29) is 29.0 Å². The molecule has 0 bridgehead atoms. The monoisotopic (exact) mass is 386 g/mol. The molecular weight excluding hydrogens is 364 g/mol. The van der Waals surface area contributed by atoms with Crippen LogP contribution >= 0.6 is 0 Å². The molecule has 1 atom stereocenters. The Morgan fingerprint density at radius 2 is 1.31 bits per heavy atom. The highest BCUT2D eigenvalue weighted by Crippen LogP contribution is 2.35. The van der Waals surface area contributed by atoms with Crippen LogP contribution in [0.25, 0.3) is 0 Å². The normalized spacial score (nSPS) is 13.3. The summed E-state index contributed by atoms with van der Waals surface area (Å²) < 4.78 is 0. The van der Waals surface area contributed by atoms with Gasteiger partial charge in [-0.15, -0.1) is 0 Å². The summed E-state index contributed by atoms with van der Waals surface area (Å²) in [5.41, 5.74) is 3.04. The molecule has 0 fully saturated rings. The number of phenols is 2. The van der Waals surface area contributed by atoms with Crippen LogP contribution in [0.15, 0.2) is 84.9 Å². The molecule has 0 aliphatic heterocycles. The Balaban J connectivity index is 0.000000176. The number of allylic oxidation sites excluding steroid dienone is 2. The van der Waals surface area contributed by atoms with E-state index in [0.29, 0.717) is 11.1 Å². The van der Waals surface area contributed by atoms with Crippen LogP contribution < -0.4 is 0 Å². The van der Waals surface area contributed by atoms with Gasteiger partial charge in [0.15, 0.2) is 11.6 Å². The maximum atomic E-state index is 11.2. The van der Waals surface area contributed by atoms with Gasteiger partial charge in [-0.1, -0.05) is 67.6 Å². The Bertz CT molecular complexity index is 1010. The number of ketones is 2. The second-order valence-electron chi connectivity index (χ2n) is 6.72. The number of benzene rings is 3. The van der Waals surface area contributed by atoms with Crippen molar-refractivity contribution in [1.82, 2.24) is 0 Å². The maximum Gasteiger partial charge on any atom is 0.186 e. The minimum atomic E-state index is -0.0924. The van der Waals surface area contributed by atoms with E-state index in [9.17, 15) is 19.8 Å². The van der Waals surface area contributed by atoms with Crippen molar-refractivity contribution in [3.63, 3.8) is 0 Å². The maximum absolute atomic E-state index is 11.2. The molecule has 4 rings (SSSR count). The largest absolute Gasteiger partial charge is 0.508 e. The standard InChI is InChI=1S/C15H16O2.C10H6O2/c1-2-13(11-6-4-3-5-7-11)14-9-8-12(16)10-15(14)17;11-9-5-6-10(12)8-4-2-1-3-7(8)9/h3-10,13,16-17H,2H2,1H3;1-6H. The number of carbonyl (C=O) groups is 2. The van der Waals surface area contributed by atoms with Crippen molar-refractivity contribution in [2.24, 2.45) is 0 Å². The van der Waals surface area contributed by atoms with Crippen molar-refractivity contribution in [2.75, 3.05) is 0 Å². The summed E-state index contributed by atoms with van der Waals surface area (Å²) in [6.45, 7) is 2.09. The van der Waals surface area contributed by atoms with Crippen LogP contribution in [0.5, 0.6) is 11.5 Å². The Kier molecular flexibility index (Phi) is 6.25. The molecule has 1 unspecified atom stereocenters. The predicted octanol–water partition coefficient (Wildman–Crippen LogP) is 5.26. The lowest BCUT2D eigenvalue weighted by Crippen LogP contribution is -2.10. The molecule has 146 valence electrons. The highest BCUT2D eigenvalue weighted by atomic mass is 16.3. The summed E-state index contributed by atoms with van der Waals surface area (Å²) in [6, 6.07) is 21.7. The van der Waals surface area contributed by atoms with Gasteiger partial charge in [0.2, 0.25) is 0 Å². The molecule has 1 aliphatic rings. The Morgan fingerprint density at radius 1 is 0.759 bits per heavy atom. The summed E-state index contributed by atoms with van der Waals surface area (Å²) in [5.74, 6) is 0.224. The zero-order valence-electron chi connectivity index (χ0n) is 16.1. The fraction of sp³-hybridized carbons (Fsp3) is 0.120. The molecule has 1 aliphatic carbocycles. The van der Waals surface area contributed by atoms with Crippen molar-refractivity contribution < 1.29 is 19.8 Å². The van der Waals surface area contributed by atoms with Crippen molar-refractivity contribution in [1.29, 1.82) is 0 Å². The zero-order chi connectivity index (χ0) is 20.8. The number of aromatic hydroxyl groups is 2. The van der Waals surface area contributed by atoms with Crippen molar-refractivity contribution >= 4 is 11.6 Å². The van der Waals surface area contributed by atoms with E-state index >= 15 is 0 Å². The summed E-state index contributed by atoms with van der Waals surface area (Å²) in [7, 11) is 0. The molecule has 0 saturated carbocycles.